The molecule has 1 aromatic rings. The minimum absolute atomic E-state index is 0.00890. The first-order chi connectivity index (χ1) is 9.44. The highest BCUT2D eigenvalue weighted by atomic mass is 19.4. The highest BCUT2D eigenvalue weighted by molar-refractivity contribution is 5.67. The first-order valence-corrected chi connectivity index (χ1v) is 5.80. The van der Waals surface area contributed by atoms with Crippen LogP contribution in [0.5, 0.6) is 11.5 Å². The van der Waals surface area contributed by atoms with E-state index >= 15 is 0 Å². The Balaban J connectivity index is 1.75. The summed E-state index contributed by atoms with van der Waals surface area (Å²) in [5.74, 6) is 1.11. The summed E-state index contributed by atoms with van der Waals surface area (Å²) < 4.78 is 50.4. The molecule has 0 bridgehead atoms. The molecule has 1 amide bonds. The van der Waals surface area contributed by atoms with Gasteiger partial charge in [0.2, 0.25) is 0 Å². The topological polar surface area (TPSA) is 56.8 Å². The van der Waals surface area contributed by atoms with Gasteiger partial charge in [0.05, 0.1) is 6.54 Å². The number of carbonyl (C=O) groups excluding carboxylic acids is 1. The number of rotatable bonds is 3. The lowest BCUT2D eigenvalue weighted by molar-refractivity contribution is -0.160. The van der Waals surface area contributed by atoms with Crippen LogP contribution < -0.4 is 14.8 Å². The second kappa shape index (κ2) is 5.89. The van der Waals surface area contributed by atoms with Gasteiger partial charge >= 0.3 is 12.3 Å². The lowest BCUT2D eigenvalue weighted by Crippen LogP contribution is -2.41. The van der Waals surface area contributed by atoms with Crippen molar-refractivity contribution in [2.45, 2.75) is 12.3 Å². The summed E-state index contributed by atoms with van der Waals surface area (Å²) in [4.78, 5) is 11.0. The molecule has 20 heavy (non-hydrogen) atoms. The third-order valence-electron chi connectivity index (χ3n) is 2.41. The quantitative estimate of drug-likeness (QED) is 0.926. The number of para-hydroxylation sites is 2. The lowest BCUT2D eigenvalue weighted by atomic mass is 10.2. The number of hydrogen-bond donors (Lipinski definition) is 1. The van der Waals surface area contributed by atoms with Crippen molar-refractivity contribution in [2.75, 3.05) is 19.8 Å². The van der Waals surface area contributed by atoms with Crippen molar-refractivity contribution in [3.05, 3.63) is 24.3 Å². The van der Waals surface area contributed by atoms with Gasteiger partial charge in [-0.15, -0.1) is 0 Å². The summed E-state index contributed by atoms with van der Waals surface area (Å²) in [6.45, 7) is -1.44. The van der Waals surface area contributed by atoms with Crippen molar-refractivity contribution < 1.29 is 32.2 Å². The summed E-state index contributed by atoms with van der Waals surface area (Å²) in [5.41, 5.74) is 0. The van der Waals surface area contributed by atoms with Crippen LogP contribution in [0, 0.1) is 0 Å². The SMILES string of the molecule is O=C(NCC1COc2ccccc2O1)OCC(F)(F)F. The van der Waals surface area contributed by atoms with Gasteiger partial charge in [0, 0.05) is 0 Å². The molecule has 1 atom stereocenters. The van der Waals surface area contributed by atoms with Gasteiger partial charge < -0.3 is 19.5 Å². The molecule has 0 saturated carbocycles. The fourth-order valence-corrected chi connectivity index (χ4v) is 1.56. The number of alkyl halides is 3. The van der Waals surface area contributed by atoms with E-state index in [9.17, 15) is 18.0 Å². The fourth-order valence-electron chi connectivity index (χ4n) is 1.56. The van der Waals surface area contributed by atoms with Crippen molar-refractivity contribution in [3.8, 4) is 11.5 Å². The number of fused-ring (bicyclic) bond motifs is 1. The Morgan fingerprint density at radius 1 is 1.35 bits per heavy atom. The molecule has 0 spiro atoms. The number of carbonyl (C=O) groups is 1. The van der Waals surface area contributed by atoms with Gasteiger partial charge in [-0.2, -0.15) is 13.2 Å². The standard InChI is InChI=1S/C12H12F3NO4/c13-12(14,15)7-19-11(17)16-5-8-6-18-9-3-1-2-4-10(9)20-8/h1-4,8H,5-7H2,(H,16,17). The molecule has 1 heterocycles. The van der Waals surface area contributed by atoms with Crippen LogP contribution in [0.3, 0.4) is 0 Å². The van der Waals surface area contributed by atoms with E-state index in [0.29, 0.717) is 11.5 Å². The molecule has 0 radical (unpaired) electrons. The fraction of sp³-hybridized carbons (Fsp3) is 0.417. The van der Waals surface area contributed by atoms with Crippen molar-refractivity contribution in [1.29, 1.82) is 0 Å². The minimum atomic E-state index is -4.54. The second-order valence-electron chi connectivity index (χ2n) is 4.07. The van der Waals surface area contributed by atoms with E-state index in [1.165, 1.54) is 0 Å². The van der Waals surface area contributed by atoms with E-state index in [0.717, 1.165) is 0 Å². The Kier molecular flexibility index (Phi) is 4.21. The highest BCUT2D eigenvalue weighted by Crippen LogP contribution is 2.30. The van der Waals surface area contributed by atoms with Gasteiger partial charge in [-0.1, -0.05) is 12.1 Å². The molecule has 0 aromatic heterocycles. The number of alkyl carbamates (subject to hydrolysis) is 1. The van der Waals surface area contributed by atoms with Crippen LogP contribution >= 0.6 is 0 Å². The molecule has 1 aromatic carbocycles. The van der Waals surface area contributed by atoms with Crippen LogP contribution in [0.1, 0.15) is 0 Å². The molecule has 1 aliphatic heterocycles. The molecule has 0 fully saturated rings. The second-order valence-corrected chi connectivity index (χ2v) is 4.07. The van der Waals surface area contributed by atoms with Gasteiger partial charge in [0.1, 0.15) is 6.61 Å². The number of halogens is 3. The largest absolute Gasteiger partial charge is 0.486 e. The van der Waals surface area contributed by atoms with Crippen LogP contribution in [0.2, 0.25) is 0 Å². The molecule has 8 heteroatoms. The molecule has 1 N–H and O–H groups in total. The molecular weight excluding hydrogens is 279 g/mol. The van der Waals surface area contributed by atoms with Gasteiger partial charge in [0.15, 0.2) is 24.2 Å². The summed E-state index contributed by atoms with van der Waals surface area (Å²) in [6, 6.07) is 6.98. The normalized spacial score (nSPS) is 17.4. The van der Waals surface area contributed by atoms with Gasteiger partial charge in [0.25, 0.3) is 0 Å². The lowest BCUT2D eigenvalue weighted by Gasteiger charge is -2.26. The smallest absolute Gasteiger partial charge is 0.422 e. The minimum Gasteiger partial charge on any atom is -0.486 e. The van der Waals surface area contributed by atoms with Crippen molar-refractivity contribution in [2.24, 2.45) is 0 Å². The summed E-state index contributed by atoms with van der Waals surface area (Å²) >= 11 is 0. The zero-order valence-electron chi connectivity index (χ0n) is 10.3. The summed E-state index contributed by atoms with van der Waals surface area (Å²) in [6.07, 6.45) is -6.17. The maximum Gasteiger partial charge on any atom is 0.422 e. The van der Waals surface area contributed by atoms with E-state index in [1.807, 2.05) is 0 Å². The molecule has 5 nitrogen and oxygen atoms in total. The van der Waals surface area contributed by atoms with Crippen LogP contribution in [0.4, 0.5) is 18.0 Å². The van der Waals surface area contributed by atoms with Crippen LogP contribution in [-0.2, 0) is 4.74 Å². The molecular formula is C12H12F3NO4. The molecule has 110 valence electrons. The molecule has 2 rings (SSSR count). The Hall–Kier alpha value is -2.12. The van der Waals surface area contributed by atoms with E-state index in [2.05, 4.69) is 10.1 Å². The number of amides is 1. The van der Waals surface area contributed by atoms with Crippen LogP contribution in [-0.4, -0.2) is 38.1 Å². The Bertz CT molecular complexity index is 478. The van der Waals surface area contributed by atoms with Gasteiger partial charge in [-0.3, -0.25) is 0 Å². The first-order valence-electron chi connectivity index (χ1n) is 5.80. The monoisotopic (exact) mass is 291 g/mol. The maximum atomic E-state index is 11.8. The van der Waals surface area contributed by atoms with Crippen molar-refractivity contribution in [1.82, 2.24) is 5.32 Å². The number of nitrogens with one attached hydrogen (secondary N) is 1. The van der Waals surface area contributed by atoms with Crippen molar-refractivity contribution >= 4 is 6.09 Å². The van der Waals surface area contributed by atoms with E-state index in [1.54, 1.807) is 24.3 Å². The number of benzene rings is 1. The Labute approximate surface area is 112 Å². The van der Waals surface area contributed by atoms with Crippen LogP contribution in [0.15, 0.2) is 24.3 Å². The van der Waals surface area contributed by atoms with Crippen molar-refractivity contribution in [3.63, 3.8) is 0 Å². The predicted molar refractivity (Wildman–Crippen MR) is 61.8 cm³/mol. The maximum absolute atomic E-state index is 11.8. The van der Waals surface area contributed by atoms with Gasteiger partial charge in [-0.05, 0) is 12.1 Å². The number of ether oxygens (including phenoxy) is 3. The van der Waals surface area contributed by atoms with E-state index in [4.69, 9.17) is 9.47 Å². The first kappa shape index (κ1) is 14.3. The van der Waals surface area contributed by atoms with E-state index < -0.39 is 25.0 Å². The third-order valence-corrected chi connectivity index (χ3v) is 2.41. The summed E-state index contributed by atoms with van der Waals surface area (Å²) in [7, 11) is 0. The zero-order valence-corrected chi connectivity index (χ0v) is 10.3. The van der Waals surface area contributed by atoms with Crippen LogP contribution in [0.25, 0.3) is 0 Å². The third kappa shape index (κ3) is 4.22. The predicted octanol–water partition coefficient (Wildman–Crippen LogP) is 2.11. The molecule has 0 saturated heterocycles. The Morgan fingerprint density at radius 2 is 2.05 bits per heavy atom. The summed E-state index contributed by atoms with van der Waals surface area (Å²) in [5, 5.41) is 2.19. The van der Waals surface area contributed by atoms with E-state index in [-0.39, 0.29) is 13.2 Å². The average Bonchev–Trinajstić information content (AvgIpc) is 2.42. The highest BCUT2D eigenvalue weighted by Gasteiger charge is 2.30. The molecule has 1 aliphatic rings. The number of hydrogen-bond acceptors (Lipinski definition) is 4. The van der Waals surface area contributed by atoms with Gasteiger partial charge in [-0.25, -0.2) is 4.79 Å². The molecule has 1 unspecified atom stereocenters. The molecule has 0 aliphatic carbocycles. The Morgan fingerprint density at radius 3 is 2.75 bits per heavy atom. The zero-order chi connectivity index (χ0) is 14.6. The average molecular weight is 291 g/mol.